The van der Waals surface area contributed by atoms with Crippen LogP contribution in [0.5, 0.6) is 0 Å². The van der Waals surface area contributed by atoms with Gasteiger partial charge < -0.3 is 10.6 Å². The molecule has 5 heteroatoms. The number of aryl methyl sites for hydroxylation is 2. The Labute approximate surface area is 139 Å². The molecule has 120 valence electrons. The van der Waals surface area contributed by atoms with Crippen molar-refractivity contribution in [2.24, 2.45) is 0 Å². The van der Waals surface area contributed by atoms with Crippen LogP contribution >= 0.6 is 11.3 Å². The molecule has 1 saturated carbocycles. The molecule has 0 bridgehead atoms. The number of rotatable bonds is 6. The van der Waals surface area contributed by atoms with E-state index >= 15 is 0 Å². The fourth-order valence-corrected chi connectivity index (χ4v) is 3.00. The summed E-state index contributed by atoms with van der Waals surface area (Å²) in [5, 5.41) is 9.95. The first-order valence-corrected chi connectivity index (χ1v) is 8.78. The van der Waals surface area contributed by atoms with Crippen LogP contribution in [0.15, 0.2) is 35.0 Å². The molecule has 3 rings (SSSR count). The number of hydrogen-bond donors (Lipinski definition) is 2. The molecule has 0 radical (unpaired) electrons. The average Bonchev–Trinajstić information content (AvgIpc) is 3.19. The van der Waals surface area contributed by atoms with Gasteiger partial charge in [-0.2, -0.15) is 11.3 Å². The molecule has 0 spiro atoms. The number of amides is 2. The highest BCUT2D eigenvalue weighted by atomic mass is 32.1. The first kappa shape index (κ1) is 15.7. The van der Waals surface area contributed by atoms with Crippen LogP contribution in [0.2, 0.25) is 0 Å². The van der Waals surface area contributed by atoms with Crippen molar-refractivity contribution in [1.82, 2.24) is 5.32 Å². The van der Waals surface area contributed by atoms with Crippen LogP contribution in [0, 0.1) is 6.92 Å². The maximum absolute atomic E-state index is 12.1. The summed E-state index contributed by atoms with van der Waals surface area (Å²) in [6.45, 7) is 1.93. The van der Waals surface area contributed by atoms with Crippen molar-refractivity contribution in [2.75, 3.05) is 5.32 Å². The third kappa shape index (κ3) is 4.42. The van der Waals surface area contributed by atoms with E-state index in [9.17, 15) is 9.59 Å². The molecule has 1 fully saturated rings. The minimum atomic E-state index is -0.0683. The van der Waals surface area contributed by atoms with E-state index in [0.29, 0.717) is 23.7 Å². The Kier molecular flexibility index (Phi) is 4.76. The Balaban J connectivity index is 1.61. The van der Waals surface area contributed by atoms with E-state index < -0.39 is 0 Å². The molecule has 1 aromatic heterocycles. The number of carbonyl (C=O) groups excluding carboxylic acids is 2. The van der Waals surface area contributed by atoms with Gasteiger partial charge in [0.15, 0.2) is 0 Å². The minimum absolute atomic E-state index is 0.0287. The first-order chi connectivity index (χ1) is 11.1. The summed E-state index contributed by atoms with van der Waals surface area (Å²) in [7, 11) is 0. The van der Waals surface area contributed by atoms with Gasteiger partial charge in [0.2, 0.25) is 5.91 Å². The summed E-state index contributed by atoms with van der Waals surface area (Å²) in [6.07, 6.45) is 3.29. The number of benzene rings is 1. The topological polar surface area (TPSA) is 58.2 Å². The monoisotopic (exact) mass is 328 g/mol. The van der Waals surface area contributed by atoms with Crippen LogP contribution < -0.4 is 10.6 Å². The SMILES string of the molecule is Cc1ccc(C(=O)NC2CC2)cc1NC(=O)CCc1ccsc1. The zero-order chi connectivity index (χ0) is 16.2. The van der Waals surface area contributed by atoms with Gasteiger partial charge in [0.25, 0.3) is 5.91 Å². The lowest BCUT2D eigenvalue weighted by molar-refractivity contribution is -0.116. The van der Waals surface area contributed by atoms with E-state index in [1.165, 1.54) is 5.56 Å². The lowest BCUT2D eigenvalue weighted by Gasteiger charge is -2.11. The number of thiophene rings is 1. The van der Waals surface area contributed by atoms with Crippen molar-refractivity contribution in [1.29, 1.82) is 0 Å². The molecule has 0 unspecified atom stereocenters. The summed E-state index contributed by atoms with van der Waals surface area (Å²) in [6, 6.07) is 7.79. The molecular formula is C18H20N2O2S. The number of anilines is 1. The highest BCUT2D eigenvalue weighted by Crippen LogP contribution is 2.21. The van der Waals surface area contributed by atoms with Gasteiger partial charge in [-0.3, -0.25) is 9.59 Å². The lowest BCUT2D eigenvalue weighted by atomic mass is 10.1. The molecule has 1 heterocycles. The highest BCUT2D eigenvalue weighted by Gasteiger charge is 2.24. The number of carbonyl (C=O) groups is 2. The summed E-state index contributed by atoms with van der Waals surface area (Å²) >= 11 is 1.64. The maximum Gasteiger partial charge on any atom is 0.251 e. The smallest absolute Gasteiger partial charge is 0.251 e. The van der Waals surface area contributed by atoms with Crippen LogP contribution in [-0.4, -0.2) is 17.9 Å². The molecular weight excluding hydrogens is 308 g/mol. The lowest BCUT2D eigenvalue weighted by Crippen LogP contribution is -2.25. The second kappa shape index (κ2) is 6.96. The number of nitrogens with one attached hydrogen (secondary N) is 2. The van der Waals surface area contributed by atoms with Gasteiger partial charge >= 0.3 is 0 Å². The second-order valence-electron chi connectivity index (χ2n) is 5.96. The van der Waals surface area contributed by atoms with Crippen LogP contribution in [-0.2, 0) is 11.2 Å². The van der Waals surface area contributed by atoms with Gasteiger partial charge in [-0.25, -0.2) is 0 Å². The zero-order valence-electron chi connectivity index (χ0n) is 13.1. The van der Waals surface area contributed by atoms with Gasteiger partial charge in [0.1, 0.15) is 0 Å². The summed E-state index contributed by atoms with van der Waals surface area (Å²) in [5.41, 5.74) is 3.44. The van der Waals surface area contributed by atoms with Crippen molar-refractivity contribution in [2.45, 2.75) is 38.6 Å². The normalized spacial score (nSPS) is 13.6. The average molecular weight is 328 g/mol. The van der Waals surface area contributed by atoms with Crippen LogP contribution in [0.25, 0.3) is 0 Å². The summed E-state index contributed by atoms with van der Waals surface area (Å²) in [5.74, 6) is -0.0969. The fraction of sp³-hybridized carbons (Fsp3) is 0.333. The molecule has 0 saturated heterocycles. The van der Waals surface area contributed by atoms with Crippen LogP contribution in [0.3, 0.4) is 0 Å². The molecule has 1 aromatic carbocycles. The third-order valence-corrected chi connectivity index (χ3v) is 4.64. The molecule has 0 atom stereocenters. The third-order valence-electron chi connectivity index (χ3n) is 3.91. The van der Waals surface area contributed by atoms with E-state index in [1.807, 2.05) is 24.4 Å². The van der Waals surface area contributed by atoms with E-state index in [4.69, 9.17) is 0 Å². The van der Waals surface area contributed by atoms with Gasteiger partial charge in [-0.15, -0.1) is 0 Å². The van der Waals surface area contributed by atoms with Gasteiger partial charge in [0.05, 0.1) is 0 Å². The van der Waals surface area contributed by atoms with Crippen molar-refractivity contribution in [3.8, 4) is 0 Å². The molecule has 2 aromatic rings. The predicted octanol–water partition coefficient (Wildman–Crippen LogP) is 3.52. The van der Waals surface area contributed by atoms with E-state index in [0.717, 1.165) is 24.8 Å². The predicted molar refractivity (Wildman–Crippen MR) is 92.9 cm³/mol. The Morgan fingerprint density at radius 3 is 2.78 bits per heavy atom. The van der Waals surface area contributed by atoms with Crippen LogP contribution in [0.1, 0.15) is 40.7 Å². The van der Waals surface area contributed by atoms with E-state index in [1.54, 1.807) is 23.5 Å². The minimum Gasteiger partial charge on any atom is -0.349 e. The molecule has 1 aliphatic carbocycles. The fourth-order valence-electron chi connectivity index (χ4n) is 2.30. The summed E-state index contributed by atoms with van der Waals surface area (Å²) in [4.78, 5) is 24.2. The Bertz CT molecular complexity index is 706. The first-order valence-electron chi connectivity index (χ1n) is 7.84. The molecule has 2 N–H and O–H groups in total. The second-order valence-corrected chi connectivity index (χ2v) is 6.74. The zero-order valence-corrected chi connectivity index (χ0v) is 13.9. The van der Waals surface area contributed by atoms with Crippen molar-refractivity contribution in [3.63, 3.8) is 0 Å². The maximum atomic E-state index is 12.1. The highest BCUT2D eigenvalue weighted by molar-refractivity contribution is 7.07. The molecule has 23 heavy (non-hydrogen) atoms. The van der Waals surface area contributed by atoms with Crippen LogP contribution in [0.4, 0.5) is 5.69 Å². The van der Waals surface area contributed by atoms with Crippen molar-refractivity contribution < 1.29 is 9.59 Å². The van der Waals surface area contributed by atoms with E-state index in [-0.39, 0.29) is 11.8 Å². The van der Waals surface area contributed by atoms with Crippen molar-refractivity contribution in [3.05, 3.63) is 51.7 Å². The Morgan fingerprint density at radius 2 is 2.09 bits per heavy atom. The standard InChI is InChI=1S/C18H20N2O2S/c1-12-2-4-14(18(22)19-15-5-6-15)10-16(12)20-17(21)7-3-13-8-9-23-11-13/h2,4,8-11,15H,3,5-7H2,1H3,(H,19,22)(H,20,21). The molecule has 0 aliphatic heterocycles. The molecule has 4 nitrogen and oxygen atoms in total. The largest absolute Gasteiger partial charge is 0.349 e. The summed E-state index contributed by atoms with van der Waals surface area (Å²) < 4.78 is 0. The Morgan fingerprint density at radius 1 is 1.26 bits per heavy atom. The van der Waals surface area contributed by atoms with Gasteiger partial charge in [0, 0.05) is 23.7 Å². The van der Waals surface area contributed by atoms with Gasteiger partial charge in [-0.1, -0.05) is 6.07 Å². The van der Waals surface area contributed by atoms with E-state index in [2.05, 4.69) is 16.0 Å². The van der Waals surface area contributed by atoms with Crippen molar-refractivity contribution >= 4 is 28.8 Å². The quantitative estimate of drug-likeness (QED) is 0.852. The van der Waals surface area contributed by atoms with Gasteiger partial charge in [-0.05, 0) is 66.3 Å². The Hall–Kier alpha value is -2.14. The number of hydrogen-bond acceptors (Lipinski definition) is 3. The molecule has 1 aliphatic rings. The molecule has 2 amide bonds.